The van der Waals surface area contributed by atoms with Crippen molar-refractivity contribution in [3.05, 3.63) is 17.0 Å². The van der Waals surface area contributed by atoms with Crippen molar-refractivity contribution in [2.45, 2.75) is 51.2 Å². The Morgan fingerprint density at radius 3 is 2.52 bits per heavy atom. The number of hydrogen-bond acceptors (Lipinski definition) is 6. The van der Waals surface area contributed by atoms with Crippen LogP contribution in [-0.2, 0) is 4.79 Å². The molecule has 2 amide bonds. The molecule has 0 aromatic carbocycles. The molecule has 8 heteroatoms. The zero-order valence-corrected chi connectivity index (χ0v) is 17.7. The van der Waals surface area contributed by atoms with Gasteiger partial charge in [-0.15, -0.1) is 0 Å². The van der Waals surface area contributed by atoms with Crippen molar-refractivity contribution >= 4 is 11.8 Å². The fourth-order valence-electron chi connectivity index (χ4n) is 5.56. The topological polar surface area (TPSA) is 73.1 Å². The molecule has 29 heavy (non-hydrogen) atoms. The highest BCUT2D eigenvalue weighted by molar-refractivity contribution is 5.96. The van der Waals surface area contributed by atoms with Crippen molar-refractivity contribution in [2.75, 3.05) is 46.3 Å². The van der Waals surface area contributed by atoms with Gasteiger partial charge in [-0.1, -0.05) is 5.16 Å². The SMILES string of the molecule is Cc1noc(C)c1C(=O)N1CCC2(CC1)N(CC1CC1)C(=O)[C@H]1CN(C)CCN12. The van der Waals surface area contributed by atoms with Crippen LogP contribution in [0.4, 0.5) is 0 Å². The highest BCUT2D eigenvalue weighted by Crippen LogP contribution is 2.44. The van der Waals surface area contributed by atoms with E-state index in [1.54, 1.807) is 6.92 Å². The second-order valence-corrected chi connectivity index (χ2v) is 9.34. The fraction of sp³-hybridized carbons (Fsp3) is 0.762. The smallest absolute Gasteiger partial charge is 0.259 e. The van der Waals surface area contributed by atoms with Gasteiger partial charge in [-0.25, -0.2) is 0 Å². The average molecular weight is 402 g/mol. The Labute approximate surface area is 171 Å². The van der Waals surface area contributed by atoms with Crippen LogP contribution in [0, 0.1) is 19.8 Å². The fourth-order valence-corrected chi connectivity index (χ4v) is 5.56. The number of piperidine rings is 1. The summed E-state index contributed by atoms with van der Waals surface area (Å²) in [7, 11) is 2.10. The lowest BCUT2D eigenvalue weighted by molar-refractivity contribution is -0.134. The third-order valence-corrected chi connectivity index (χ3v) is 7.41. The molecule has 0 radical (unpaired) electrons. The summed E-state index contributed by atoms with van der Waals surface area (Å²) in [5, 5.41) is 3.94. The average Bonchev–Trinajstić information content (AvgIpc) is 3.44. The minimum atomic E-state index is -0.221. The van der Waals surface area contributed by atoms with Gasteiger partial charge in [-0.05, 0) is 39.7 Å². The number of carbonyl (C=O) groups excluding carboxylic acids is 2. The van der Waals surface area contributed by atoms with E-state index in [0.717, 1.165) is 39.0 Å². The summed E-state index contributed by atoms with van der Waals surface area (Å²) in [6.45, 7) is 8.54. The van der Waals surface area contributed by atoms with Gasteiger partial charge in [-0.2, -0.15) is 0 Å². The van der Waals surface area contributed by atoms with E-state index >= 15 is 0 Å². The molecule has 8 nitrogen and oxygen atoms in total. The Balaban J connectivity index is 1.38. The van der Waals surface area contributed by atoms with E-state index in [1.807, 2.05) is 11.8 Å². The van der Waals surface area contributed by atoms with Crippen LogP contribution in [-0.4, -0.2) is 94.6 Å². The van der Waals surface area contributed by atoms with Gasteiger partial charge in [0.2, 0.25) is 5.91 Å². The molecule has 0 bridgehead atoms. The molecule has 1 saturated carbocycles. The van der Waals surface area contributed by atoms with E-state index in [2.05, 4.69) is 26.9 Å². The van der Waals surface area contributed by atoms with E-state index in [1.165, 1.54) is 12.8 Å². The summed E-state index contributed by atoms with van der Waals surface area (Å²) in [5.74, 6) is 1.55. The number of likely N-dealkylation sites (tertiary alicyclic amines) is 1. The van der Waals surface area contributed by atoms with Gasteiger partial charge in [0, 0.05) is 52.1 Å². The summed E-state index contributed by atoms with van der Waals surface area (Å²) < 4.78 is 5.20. The van der Waals surface area contributed by atoms with E-state index in [-0.39, 0.29) is 17.6 Å². The molecule has 4 aliphatic rings. The zero-order valence-electron chi connectivity index (χ0n) is 17.7. The second-order valence-electron chi connectivity index (χ2n) is 9.34. The molecule has 0 N–H and O–H groups in total. The first-order valence-corrected chi connectivity index (χ1v) is 10.9. The molecule has 4 heterocycles. The van der Waals surface area contributed by atoms with Crippen LogP contribution < -0.4 is 0 Å². The Bertz CT molecular complexity index is 805. The molecule has 5 rings (SSSR count). The molecule has 1 atom stereocenters. The van der Waals surface area contributed by atoms with Crippen molar-refractivity contribution in [1.29, 1.82) is 0 Å². The highest BCUT2D eigenvalue weighted by Gasteiger charge is 2.59. The standard InChI is InChI=1S/C21H31N5O3/c1-14-18(15(2)29-22-14)20(28)24-8-6-21(7-9-24)25-11-10-23(3)13-17(25)19(27)26(21)12-16-4-5-16/h16-17H,4-13H2,1-3H3/t17-/m1/s1. The maximum atomic E-state index is 13.4. The predicted octanol–water partition coefficient (Wildman–Crippen LogP) is 1.09. The number of carbonyl (C=O) groups is 2. The Hall–Kier alpha value is -1.93. The van der Waals surface area contributed by atoms with E-state index in [0.29, 0.717) is 41.9 Å². The number of nitrogens with zero attached hydrogens (tertiary/aromatic N) is 5. The predicted molar refractivity (Wildman–Crippen MR) is 106 cm³/mol. The van der Waals surface area contributed by atoms with Crippen LogP contribution in [0.5, 0.6) is 0 Å². The summed E-state index contributed by atoms with van der Waals surface area (Å²) >= 11 is 0. The molecule has 1 aromatic heterocycles. The quantitative estimate of drug-likeness (QED) is 0.755. The number of hydrogen-bond donors (Lipinski definition) is 0. The minimum Gasteiger partial charge on any atom is -0.361 e. The van der Waals surface area contributed by atoms with Gasteiger partial charge < -0.3 is 19.2 Å². The van der Waals surface area contributed by atoms with Crippen LogP contribution in [0.1, 0.15) is 47.5 Å². The highest BCUT2D eigenvalue weighted by atomic mass is 16.5. The van der Waals surface area contributed by atoms with E-state index < -0.39 is 0 Å². The van der Waals surface area contributed by atoms with Gasteiger partial charge in [0.05, 0.1) is 5.69 Å². The first-order chi connectivity index (χ1) is 13.9. The summed E-state index contributed by atoms with van der Waals surface area (Å²) in [6, 6.07) is -0.0303. The molecular weight excluding hydrogens is 370 g/mol. The van der Waals surface area contributed by atoms with Crippen LogP contribution in [0.15, 0.2) is 4.52 Å². The first-order valence-electron chi connectivity index (χ1n) is 10.9. The Kier molecular flexibility index (Phi) is 4.47. The molecule has 0 unspecified atom stereocenters. The van der Waals surface area contributed by atoms with E-state index in [4.69, 9.17) is 4.52 Å². The number of rotatable bonds is 3. The van der Waals surface area contributed by atoms with Gasteiger partial charge in [0.25, 0.3) is 5.91 Å². The molecular formula is C21H31N5O3. The maximum Gasteiger partial charge on any atom is 0.259 e. The normalized spacial score (nSPS) is 27.7. The van der Waals surface area contributed by atoms with Gasteiger partial charge in [0.1, 0.15) is 23.0 Å². The lowest BCUT2D eigenvalue weighted by Crippen LogP contribution is -2.63. The minimum absolute atomic E-state index is 0.00379. The molecule has 158 valence electrons. The van der Waals surface area contributed by atoms with Crippen LogP contribution in [0.25, 0.3) is 0 Å². The number of likely N-dealkylation sites (N-methyl/N-ethyl adjacent to an activating group) is 1. The van der Waals surface area contributed by atoms with Crippen LogP contribution in [0.2, 0.25) is 0 Å². The molecule has 3 aliphatic heterocycles. The second kappa shape index (κ2) is 6.80. The van der Waals surface area contributed by atoms with Crippen molar-refractivity contribution in [2.24, 2.45) is 5.92 Å². The number of aryl methyl sites for hydroxylation is 2. The number of fused-ring (bicyclic) bond motifs is 2. The molecule has 1 aliphatic carbocycles. The van der Waals surface area contributed by atoms with Gasteiger partial charge in [0.15, 0.2) is 0 Å². The summed E-state index contributed by atoms with van der Waals surface area (Å²) in [6.07, 6.45) is 4.11. The largest absolute Gasteiger partial charge is 0.361 e. The van der Waals surface area contributed by atoms with Crippen molar-refractivity contribution in [1.82, 2.24) is 24.8 Å². The lowest BCUT2D eigenvalue weighted by atomic mass is 9.92. The monoisotopic (exact) mass is 401 g/mol. The van der Waals surface area contributed by atoms with Crippen LogP contribution >= 0.6 is 0 Å². The Morgan fingerprint density at radius 2 is 1.90 bits per heavy atom. The van der Waals surface area contributed by atoms with Gasteiger partial charge >= 0.3 is 0 Å². The van der Waals surface area contributed by atoms with Gasteiger partial charge in [-0.3, -0.25) is 14.5 Å². The molecule has 1 spiro atoms. The van der Waals surface area contributed by atoms with Crippen LogP contribution in [0.3, 0.4) is 0 Å². The van der Waals surface area contributed by atoms with Crippen molar-refractivity contribution in [3.63, 3.8) is 0 Å². The first kappa shape index (κ1) is 19.1. The number of amides is 2. The Morgan fingerprint density at radius 1 is 1.17 bits per heavy atom. The third-order valence-electron chi connectivity index (χ3n) is 7.41. The number of piperazine rings is 1. The summed E-state index contributed by atoms with van der Waals surface area (Å²) in [5.41, 5.74) is 1.02. The summed E-state index contributed by atoms with van der Waals surface area (Å²) in [4.78, 5) is 35.3. The third kappa shape index (κ3) is 2.99. The lowest BCUT2D eigenvalue weighted by Gasteiger charge is -2.50. The maximum absolute atomic E-state index is 13.4. The number of aromatic nitrogens is 1. The molecule has 3 saturated heterocycles. The molecule has 4 fully saturated rings. The molecule has 1 aromatic rings. The zero-order chi connectivity index (χ0) is 20.3. The van der Waals surface area contributed by atoms with Crippen molar-refractivity contribution in [3.8, 4) is 0 Å². The van der Waals surface area contributed by atoms with E-state index in [9.17, 15) is 9.59 Å². The van der Waals surface area contributed by atoms with Crippen molar-refractivity contribution < 1.29 is 14.1 Å².